The predicted molar refractivity (Wildman–Crippen MR) is 66.1 cm³/mol. The monoisotopic (exact) mass is 216 g/mol. The van der Waals surface area contributed by atoms with E-state index >= 15 is 0 Å². The van der Waals surface area contributed by atoms with E-state index in [0.717, 1.165) is 25.7 Å². The lowest BCUT2D eigenvalue weighted by Crippen LogP contribution is -2.25. The Labute approximate surface area is 97.4 Å². The Morgan fingerprint density at radius 3 is 2.94 bits per heavy atom. The molecule has 1 aliphatic carbocycles. The highest BCUT2D eigenvalue weighted by Gasteiger charge is 2.16. The van der Waals surface area contributed by atoms with Gasteiger partial charge in [0.1, 0.15) is 0 Å². The van der Waals surface area contributed by atoms with E-state index in [1.165, 1.54) is 42.4 Å². The molecule has 1 fully saturated rings. The number of hydrogen-bond acceptors (Lipinski definition) is 2. The first kappa shape index (κ1) is 10.3. The molecule has 1 aliphatic heterocycles. The summed E-state index contributed by atoms with van der Waals surface area (Å²) in [6.45, 7) is 3.15. The average Bonchev–Trinajstić information content (AvgIpc) is 2.97. The predicted octanol–water partition coefficient (Wildman–Crippen LogP) is 2.32. The molecular formula is C14H20N2. The van der Waals surface area contributed by atoms with E-state index in [9.17, 15) is 0 Å². The van der Waals surface area contributed by atoms with Gasteiger partial charge in [0.2, 0.25) is 0 Å². The third-order valence-corrected chi connectivity index (χ3v) is 3.92. The van der Waals surface area contributed by atoms with Crippen LogP contribution in [0.4, 0.5) is 0 Å². The Balaban J connectivity index is 1.67. The number of benzene rings is 1. The molecule has 0 amide bonds. The molecular weight excluding hydrogens is 196 g/mol. The maximum absolute atomic E-state index is 3.70. The molecule has 2 nitrogen and oxygen atoms in total. The summed E-state index contributed by atoms with van der Waals surface area (Å²) in [7, 11) is 0. The van der Waals surface area contributed by atoms with Gasteiger partial charge >= 0.3 is 0 Å². The molecule has 1 aromatic carbocycles. The van der Waals surface area contributed by atoms with Crippen LogP contribution < -0.4 is 10.6 Å². The zero-order valence-electron chi connectivity index (χ0n) is 9.76. The van der Waals surface area contributed by atoms with Crippen LogP contribution in [0.25, 0.3) is 0 Å². The van der Waals surface area contributed by atoms with Gasteiger partial charge in [-0.2, -0.15) is 0 Å². The highest BCUT2D eigenvalue weighted by atomic mass is 14.9. The highest BCUT2D eigenvalue weighted by Crippen LogP contribution is 2.22. The molecule has 0 aromatic heterocycles. The minimum absolute atomic E-state index is 0.769. The Morgan fingerprint density at radius 1 is 1.19 bits per heavy atom. The van der Waals surface area contributed by atoms with Crippen molar-refractivity contribution in [2.45, 2.75) is 51.4 Å². The molecule has 1 aromatic rings. The lowest BCUT2D eigenvalue weighted by molar-refractivity contribution is 0.522. The second kappa shape index (κ2) is 4.56. The van der Waals surface area contributed by atoms with Gasteiger partial charge < -0.3 is 10.6 Å². The zero-order valence-corrected chi connectivity index (χ0v) is 9.76. The Morgan fingerprint density at radius 2 is 2.06 bits per heavy atom. The van der Waals surface area contributed by atoms with Gasteiger partial charge in [0.25, 0.3) is 0 Å². The van der Waals surface area contributed by atoms with Crippen molar-refractivity contribution in [2.24, 2.45) is 0 Å². The van der Waals surface area contributed by atoms with E-state index in [-0.39, 0.29) is 0 Å². The second-order valence-electron chi connectivity index (χ2n) is 5.02. The van der Waals surface area contributed by atoms with Crippen LogP contribution in [0.15, 0.2) is 18.2 Å². The molecule has 0 atom stereocenters. The van der Waals surface area contributed by atoms with Gasteiger partial charge in [0, 0.05) is 25.7 Å². The summed E-state index contributed by atoms with van der Waals surface area (Å²) in [5.41, 5.74) is 4.52. The molecule has 86 valence electrons. The van der Waals surface area contributed by atoms with Crippen LogP contribution in [0, 0.1) is 0 Å². The summed E-state index contributed by atoms with van der Waals surface area (Å²) < 4.78 is 0. The summed E-state index contributed by atoms with van der Waals surface area (Å²) in [5.74, 6) is 0. The van der Waals surface area contributed by atoms with Crippen LogP contribution in [0.2, 0.25) is 0 Å². The molecule has 1 heterocycles. The fourth-order valence-electron chi connectivity index (χ4n) is 2.95. The number of nitrogens with one attached hydrogen (secondary N) is 2. The maximum Gasteiger partial charge on any atom is 0.0215 e. The Hall–Kier alpha value is -0.860. The van der Waals surface area contributed by atoms with E-state index in [4.69, 9.17) is 0 Å². The van der Waals surface area contributed by atoms with Gasteiger partial charge in [-0.1, -0.05) is 31.0 Å². The van der Waals surface area contributed by atoms with Crippen molar-refractivity contribution in [1.82, 2.24) is 10.6 Å². The Bertz CT molecular complexity index is 367. The lowest BCUT2D eigenvalue weighted by Gasteiger charge is -2.14. The van der Waals surface area contributed by atoms with Crippen molar-refractivity contribution in [1.29, 1.82) is 0 Å². The standard InChI is InChI=1S/C14H20N2/c1-2-7-13(6-1)16-9-12-5-3-4-11-8-15-10-14(11)12/h3-5,13,15-16H,1-2,6-10H2. The summed E-state index contributed by atoms with van der Waals surface area (Å²) >= 11 is 0. The zero-order chi connectivity index (χ0) is 10.8. The molecule has 0 unspecified atom stereocenters. The summed E-state index contributed by atoms with van der Waals surface area (Å²) in [4.78, 5) is 0. The molecule has 1 saturated carbocycles. The molecule has 0 spiro atoms. The SMILES string of the molecule is c1cc2c(c(CNC3CCCC3)c1)CNC2. The minimum atomic E-state index is 0.769. The van der Waals surface area contributed by atoms with Crippen molar-refractivity contribution in [3.8, 4) is 0 Å². The van der Waals surface area contributed by atoms with Crippen LogP contribution in [0.3, 0.4) is 0 Å². The Kier molecular flexibility index (Phi) is 2.94. The quantitative estimate of drug-likeness (QED) is 0.810. The molecule has 2 heteroatoms. The highest BCUT2D eigenvalue weighted by molar-refractivity contribution is 5.37. The van der Waals surface area contributed by atoms with E-state index in [0.29, 0.717) is 0 Å². The molecule has 2 N–H and O–H groups in total. The largest absolute Gasteiger partial charge is 0.310 e. The first-order valence-electron chi connectivity index (χ1n) is 6.47. The van der Waals surface area contributed by atoms with Gasteiger partial charge in [0.15, 0.2) is 0 Å². The number of hydrogen-bond donors (Lipinski definition) is 2. The van der Waals surface area contributed by atoms with E-state index < -0.39 is 0 Å². The van der Waals surface area contributed by atoms with Gasteiger partial charge in [-0.15, -0.1) is 0 Å². The fraction of sp³-hybridized carbons (Fsp3) is 0.571. The molecule has 2 aliphatic rings. The van der Waals surface area contributed by atoms with E-state index in [2.05, 4.69) is 28.8 Å². The molecule has 0 radical (unpaired) electrons. The number of rotatable bonds is 3. The van der Waals surface area contributed by atoms with Gasteiger partial charge in [0.05, 0.1) is 0 Å². The van der Waals surface area contributed by atoms with Crippen LogP contribution in [-0.4, -0.2) is 6.04 Å². The van der Waals surface area contributed by atoms with Crippen LogP contribution in [0.5, 0.6) is 0 Å². The first-order valence-corrected chi connectivity index (χ1v) is 6.47. The maximum atomic E-state index is 3.70. The fourth-order valence-corrected chi connectivity index (χ4v) is 2.95. The van der Waals surface area contributed by atoms with Crippen LogP contribution >= 0.6 is 0 Å². The number of fused-ring (bicyclic) bond motifs is 1. The second-order valence-corrected chi connectivity index (χ2v) is 5.02. The molecule has 0 saturated heterocycles. The van der Waals surface area contributed by atoms with Gasteiger partial charge in [-0.3, -0.25) is 0 Å². The van der Waals surface area contributed by atoms with Crippen molar-refractivity contribution >= 4 is 0 Å². The van der Waals surface area contributed by atoms with Crippen molar-refractivity contribution in [3.63, 3.8) is 0 Å². The summed E-state index contributed by atoms with van der Waals surface area (Å²) in [6.07, 6.45) is 5.55. The summed E-state index contributed by atoms with van der Waals surface area (Å²) in [5, 5.41) is 7.13. The molecule has 3 rings (SSSR count). The van der Waals surface area contributed by atoms with Gasteiger partial charge in [-0.25, -0.2) is 0 Å². The van der Waals surface area contributed by atoms with E-state index in [1.54, 1.807) is 0 Å². The lowest BCUT2D eigenvalue weighted by atomic mass is 10.0. The van der Waals surface area contributed by atoms with Crippen LogP contribution in [0.1, 0.15) is 42.4 Å². The minimum Gasteiger partial charge on any atom is -0.310 e. The topological polar surface area (TPSA) is 24.1 Å². The van der Waals surface area contributed by atoms with Crippen molar-refractivity contribution < 1.29 is 0 Å². The average molecular weight is 216 g/mol. The third-order valence-electron chi connectivity index (χ3n) is 3.92. The molecule has 16 heavy (non-hydrogen) atoms. The summed E-state index contributed by atoms with van der Waals surface area (Å²) in [6, 6.07) is 7.48. The molecule has 0 bridgehead atoms. The van der Waals surface area contributed by atoms with Gasteiger partial charge in [-0.05, 0) is 29.5 Å². The van der Waals surface area contributed by atoms with Crippen molar-refractivity contribution in [2.75, 3.05) is 0 Å². The third kappa shape index (κ3) is 2.00. The van der Waals surface area contributed by atoms with Crippen molar-refractivity contribution in [3.05, 3.63) is 34.9 Å². The smallest absolute Gasteiger partial charge is 0.0215 e. The van der Waals surface area contributed by atoms with E-state index in [1.807, 2.05) is 0 Å². The normalized spacial score (nSPS) is 20.2. The first-order chi connectivity index (χ1) is 7.93. The van der Waals surface area contributed by atoms with Crippen LogP contribution in [-0.2, 0) is 19.6 Å².